The van der Waals surface area contributed by atoms with Crippen LogP contribution in [-0.2, 0) is 4.74 Å². The topological polar surface area (TPSA) is 12.5 Å². The highest BCUT2D eigenvalue weighted by atomic mass is 16.5. The lowest BCUT2D eigenvalue weighted by atomic mass is 10.1. The number of piperidine rings is 1. The van der Waals surface area contributed by atoms with Gasteiger partial charge in [0.15, 0.2) is 0 Å². The van der Waals surface area contributed by atoms with Crippen molar-refractivity contribution in [1.82, 2.24) is 4.90 Å². The normalized spacial score (nSPS) is 19.8. The van der Waals surface area contributed by atoms with Crippen LogP contribution in [0.2, 0.25) is 0 Å². The van der Waals surface area contributed by atoms with Gasteiger partial charge in [-0.15, -0.1) is 0 Å². The molecule has 0 saturated carbocycles. The number of likely N-dealkylation sites (tertiary alicyclic amines) is 1. The molecule has 0 bridgehead atoms. The van der Waals surface area contributed by atoms with Crippen LogP contribution < -0.4 is 0 Å². The van der Waals surface area contributed by atoms with Crippen LogP contribution in [0.4, 0.5) is 0 Å². The van der Waals surface area contributed by atoms with Gasteiger partial charge in [0.1, 0.15) is 0 Å². The zero-order valence-corrected chi connectivity index (χ0v) is 9.84. The van der Waals surface area contributed by atoms with E-state index in [-0.39, 0.29) is 0 Å². The van der Waals surface area contributed by atoms with E-state index in [2.05, 4.69) is 25.8 Å². The summed E-state index contributed by atoms with van der Waals surface area (Å²) in [6.45, 7) is 10.6. The average molecular weight is 187 g/mol. The Kier molecular flexibility index (Phi) is 7.29. The summed E-state index contributed by atoms with van der Waals surface area (Å²) in [6.07, 6.45) is 3.32. The largest absolute Gasteiger partial charge is 0.375 e. The Morgan fingerprint density at radius 3 is 2.00 bits per heavy atom. The molecule has 1 aliphatic rings. The maximum absolute atomic E-state index is 5.71. The molecule has 0 spiro atoms. The van der Waals surface area contributed by atoms with E-state index in [1.165, 1.54) is 25.9 Å². The van der Waals surface area contributed by atoms with E-state index in [1.54, 1.807) is 0 Å². The van der Waals surface area contributed by atoms with Gasteiger partial charge in [-0.1, -0.05) is 13.8 Å². The molecule has 2 heteroatoms. The summed E-state index contributed by atoms with van der Waals surface area (Å²) in [5, 5.41) is 0. The second kappa shape index (κ2) is 7.34. The van der Waals surface area contributed by atoms with Gasteiger partial charge in [-0.3, -0.25) is 0 Å². The summed E-state index contributed by atoms with van der Waals surface area (Å²) in [6, 6.07) is 0. The van der Waals surface area contributed by atoms with Crippen LogP contribution in [0.5, 0.6) is 0 Å². The quantitative estimate of drug-likeness (QED) is 0.658. The van der Waals surface area contributed by atoms with Gasteiger partial charge in [-0.2, -0.15) is 0 Å². The molecule has 2 nitrogen and oxygen atoms in total. The monoisotopic (exact) mass is 187 g/mol. The van der Waals surface area contributed by atoms with Crippen LogP contribution in [0.3, 0.4) is 0 Å². The van der Waals surface area contributed by atoms with E-state index in [9.17, 15) is 0 Å². The summed E-state index contributed by atoms with van der Waals surface area (Å²) in [5.74, 6) is 0. The van der Waals surface area contributed by atoms with Gasteiger partial charge >= 0.3 is 0 Å². The van der Waals surface area contributed by atoms with Crippen molar-refractivity contribution in [2.24, 2.45) is 0 Å². The van der Waals surface area contributed by atoms with Crippen molar-refractivity contribution in [3.05, 3.63) is 0 Å². The SMILES string of the molecule is CC.CC(C)OC1CCN(C)CC1. The average Bonchev–Trinajstić information content (AvgIpc) is 2.12. The lowest BCUT2D eigenvalue weighted by Gasteiger charge is -2.30. The van der Waals surface area contributed by atoms with Gasteiger partial charge in [-0.25, -0.2) is 0 Å². The number of nitrogens with zero attached hydrogens (tertiary/aromatic N) is 1. The molecule has 1 fully saturated rings. The first-order valence-electron chi connectivity index (χ1n) is 5.52. The molecule has 0 aromatic carbocycles. The highest BCUT2D eigenvalue weighted by molar-refractivity contribution is 4.70. The highest BCUT2D eigenvalue weighted by Gasteiger charge is 2.17. The maximum Gasteiger partial charge on any atom is 0.0603 e. The second-order valence-corrected chi connectivity index (χ2v) is 3.69. The first kappa shape index (κ1) is 12.9. The molecule has 1 rings (SSSR count). The smallest absolute Gasteiger partial charge is 0.0603 e. The van der Waals surface area contributed by atoms with E-state index in [1.807, 2.05) is 13.8 Å². The van der Waals surface area contributed by atoms with Crippen molar-refractivity contribution in [3.63, 3.8) is 0 Å². The van der Waals surface area contributed by atoms with Gasteiger partial charge < -0.3 is 9.64 Å². The Morgan fingerprint density at radius 1 is 1.15 bits per heavy atom. The Bertz CT molecular complexity index is 107. The van der Waals surface area contributed by atoms with Gasteiger partial charge in [0.05, 0.1) is 12.2 Å². The highest BCUT2D eigenvalue weighted by Crippen LogP contribution is 2.13. The third-order valence-corrected chi connectivity index (χ3v) is 2.13. The predicted octanol–water partition coefficient (Wildman–Crippen LogP) is 2.53. The maximum atomic E-state index is 5.71. The Balaban J connectivity index is 0.000000671. The molecule has 80 valence electrons. The fourth-order valence-corrected chi connectivity index (χ4v) is 1.51. The third-order valence-electron chi connectivity index (χ3n) is 2.13. The minimum Gasteiger partial charge on any atom is -0.375 e. The van der Waals surface area contributed by atoms with Crippen molar-refractivity contribution < 1.29 is 4.74 Å². The zero-order chi connectivity index (χ0) is 10.3. The van der Waals surface area contributed by atoms with Crippen molar-refractivity contribution in [2.45, 2.75) is 52.7 Å². The summed E-state index contributed by atoms with van der Waals surface area (Å²) in [5.41, 5.74) is 0. The van der Waals surface area contributed by atoms with Crippen LogP contribution in [-0.4, -0.2) is 37.2 Å². The van der Waals surface area contributed by atoms with E-state index >= 15 is 0 Å². The first-order valence-corrected chi connectivity index (χ1v) is 5.52. The standard InChI is InChI=1S/C9H19NO.C2H6/c1-8(2)11-9-4-6-10(3)7-5-9;1-2/h8-9H,4-7H2,1-3H3;1-2H3. The predicted molar refractivity (Wildman–Crippen MR) is 58.1 cm³/mol. The lowest BCUT2D eigenvalue weighted by Crippen LogP contribution is -2.35. The fraction of sp³-hybridized carbons (Fsp3) is 1.00. The molecule has 0 N–H and O–H groups in total. The molecule has 0 atom stereocenters. The van der Waals surface area contributed by atoms with Crippen molar-refractivity contribution in [1.29, 1.82) is 0 Å². The molecule has 0 aromatic rings. The molecule has 0 aromatic heterocycles. The molecule has 0 aliphatic carbocycles. The number of hydrogen-bond donors (Lipinski definition) is 0. The Morgan fingerprint density at radius 2 is 1.62 bits per heavy atom. The molecule has 1 saturated heterocycles. The minimum absolute atomic E-state index is 0.392. The third kappa shape index (κ3) is 6.05. The van der Waals surface area contributed by atoms with Crippen molar-refractivity contribution >= 4 is 0 Å². The summed E-state index contributed by atoms with van der Waals surface area (Å²) in [4.78, 5) is 2.36. The van der Waals surface area contributed by atoms with Crippen molar-refractivity contribution in [3.8, 4) is 0 Å². The van der Waals surface area contributed by atoms with Crippen LogP contribution in [0.15, 0.2) is 0 Å². The molecule has 1 heterocycles. The van der Waals surface area contributed by atoms with Gasteiger partial charge in [0, 0.05) is 13.1 Å². The molecule has 0 unspecified atom stereocenters. The first-order chi connectivity index (χ1) is 6.18. The van der Waals surface area contributed by atoms with Crippen LogP contribution in [0.1, 0.15) is 40.5 Å². The van der Waals surface area contributed by atoms with Crippen LogP contribution in [0, 0.1) is 0 Å². The molecule has 1 aliphatic heterocycles. The van der Waals surface area contributed by atoms with Gasteiger partial charge in [-0.05, 0) is 33.7 Å². The zero-order valence-electron chi connectivity index (χ0n) is 9.84. The second-order valence-electron chi connectivity index (χ2n) is 3.69. The molecular formula is C11H25NO. The van der Waals surface area contributed by atoms with Crippen LogP contribution in [0.25, 0.3) is 0 Å². The van der Waals surface area contributed by atoms with Crippen molar-refractivity contribution in [2.75, 3.05) is 20.1 Å². The summed E-state index contributed by atoms with van der Waals surface area (Å²) < 4.78 is 5.71. The Labute approximate surface area is 83.3 Å². The molecule has 0 amide bonds. The summed E-state index contributed by atoms with van der Waals surface area (Å²) >= 11 is 0. The fourth-order valence-electron chi connectivity index (χ4n) is 1.51. The lowest BCUT2D eigenvalue weighted by molar-refractivity contribution is -0.0232. The number of hydrogen-bond acceptors (Lipinski definition) is 2. The van der Waals surface area contributed by atoms with E-state index in [0.717, 1.165) is 0 Å². The minimum atomic E-state index is 0.392. The van der Waals surface area contributed by atoms with Crippen LogP contribution >= 0.6 is 0 Å². The van der Waals surface area contributed by atoms with Gasteiger partial charge in [0.2, 0.25) is 0 Å². The van der Waals surface area contributed by atoms with Gasteiger partial charge in [0.25, 0.3) is 0 Å². The summed E-state index contributed by atoms with van der Waals surface area (Å²) in [7, 11) is 2.17. The molecule has 13 heavy (non-hydrogen) atoms. The van der Waals surface area contributed by atoms with E-state index in [0.29, 0.717) is 12.2 Å². The van der Waals surface area contributed by atoms with E-state index in [4.69, 9.17) is 4.74 Å². The number of ether oxygens (including phenoxy) is 1. The van der Waals surface area contributed by atoms with E-state index < -0.39 is 0 Å². The number of rotatable bonds is 2. The molecular weight excluding hydrogens is 162 g/mol. The molecule has 0 radical (unpaired) electrons. The Hall–Kier alpha value is -0.0800.